The van der Waals surface area contributed by atoms with Gasteiger partial charge in [-0.1, -0.05) is 6.07 Å². The molecule has 3 nitrogen and oxygen atoms in total. The van der Waals surface area contributed by atoms with Crippen LogP contribution in [0.3, 0.4) is 0 Å². The number of alkyl halides is 3. The molecular weight excluding hydrogens is 317 g/mol. The second-order valence-corrected chi connectivity index (χ2v) is 6.29. The van der Waals surface area contributed by atoms with E-state index < -0.39 is 11.7 Å². The van der Waals surface area contributed by atoms with Gasteiger partial charge in [-0.2, -0.15) is 13.2 Å². The van der Waals surface area contributed by atoms with Crippen molar-refractivity contribution in [3.8, 4) is 0 Å². The first-order chi connectivity index (χ1) is 11.3. The van der Waals surface area contributed by atoms with Gasteiger partial charge in [-0.25, -0.2) is 0 Å². The smallest absolute Gasteiger partial charge is 0.371 e. The highest BCUT2D eigenvalue weighted by molar-refractivity contribution is 5.79. The molecule has 1 amide bonds. The molecule has 6 heteroatoms. The summed E-state index contributed by atoms with van der Waals surface area (Å²) in [6.07, 6.45) is -2.75. The standard InChI is InChI=1S/C18H25F3N2O/c1-4-22(5-2)17(24)14-7-6-10-23(12-14)15-9-8-13(3)16(11-15)18(19,20)21/h8-9,11,14H,4-7,10,12H2,1-3H3. The number of anilines is 1. The number of carbonyl (C=O) groups is 1. The van der Waals surface area contributed by atoms with Crippen molar-refractivity contribution in [1.82, 2.24) is 4.90 Å². The molecule has 24 heavy (non-hydrogen) atoms. The zero-order valence-electron chi connectivity index (χ0n) is 14.5. The van der Waals surface area contributed by atoms with Crippen molar-refractivity contribution in [2.75, 3.05) is 31.1 Å². The SMILES string of the molecule is CCN(CC)C(=O)C1CCCN(c2ccc(C)c(C(F)(F)F)c2)C1. The summed E-state index contributed by atoms with van der Waals surface area (Å²) in [5.74, 6) is -0.0397. The van der Waals surface area contributed by atoms with E-state index >= 15 is 0 Å². The van der Waals surface area contributed by atoms with E-state index in [1.54, 1.807) is 11.0 Å². The minimum Gasteiger partial charge on any atom is -0.371 e. The third kappa shape index (κ3) is 4.02. The first-order valence-corrected chi connectivity index (χ1v) is 8.49. The Morgan fingerprint density at radius 3 is 2.54 bits per heavy atom. The van der Waals surface area contributed by atoms with Gasteiger partial charge in [0.25, 0.3) is 0 Å². The largest absolute Gasteiger partial charge is 0.416 e. The van der Waals surface area contributed by atoms with Crippen molar-refractivity contribution < 1.29 is 18.0 Å². The third-order valence-corrected chi connectivity index (χ3v) is 4.74. The summed E-state index contributed by atoms with van der Waals surface area (Å²) in [7, 11) is 0. The zero-order chi connectivity index (χ0) is 17.9. The second kappa shape index (κ2) is 7.45. The minimum absolute atomic E-state index is 0.104. The number of nitrogens with zero attached hydrogens (tertiary/aromatic N) is 2. The molecule has 2 rings (SSSR count). The first-order valence-electron chi connectivity index (χ1n) is 8.49. The van der Waals surface area contributed by atoms with Gasteiger partial charge >= 0.3 is 6.18 Å². The average Bonchev–Trinajstić information content (AvgIpc) is 2.55. The van der Waals surface area contributed by atoms with Crippen LogP contribution in [0.25, 0.3) is 0 Å². The van der Waals surface area contributed by atoms with E-state index in [0.717, 1.165) is 12.8 Å². The molecule has 1 aliphatic heterocycles. The Balaban J connectivity index is 2.19. The number of hydrogen-bond acceptors (Lipinski definition) is 2. The molecule has 0 aliphatic carbocycles. The van der Waals surface area contributed by atoms with E-state index in [1.165, 1.54) is 19.1 Å². The molecule has 0 spiro atoms. The fourth-order valence-corrected chi connectivity index (χ4v) is 3.32. The Morgan fingerprint density at radius 2 is 1.96 bits per heavy atom. The molecule has 0 N–H and O–H groups in total. The molecule has 1 aromatic rings. The minimum atomic E-state index is -4.35. The number of piperidine rings is 1. The summed E-state index contributed by atoms with van der Waals surface area (Å²) < 4.78 is 39.4. The van der Waals surface area contributed by atoms with Crippen molar-refractivity contribution in [2.24, 2.45) is 5.92 Å². The zero-order valence-corrected chi connectivity index (χ0v) is 14.5. The summed E-state index contributed by atoms with van der Waals surface area (Å²) in [6, 6.07) is 4.43. The molecule has 1 fully saturated rings. The predicted octanol–water partition coefficient (Wildman–Crippen LogP) is 4.10. The van der Waals surface area contributed by atoms with Crippen LogP contribution in [0.5, 0.6) is 0 Å². The number of amides is 1. The molecule has 0 bridgehead atoms. The summed E-state index contributed by atoms with van der Waals surface area (Å²) in [6.45, 7) is 7.84. The molecule has 134 valence electrons. The lowest BCUT2D eigenvalue weighted by molar-refractivity contribution is -0.138. The average molecular weight is 342 g/mol. The number of benzene rings is 1. The molecule has 0 aromatic heterocycles. The number of aryl methyl sites for hydroxylation is 1. The van der Waals surface area contributed by atoms with E-state index in [-0.39, 0.29) is 17.4 Å². The normalized spacial score (nSPS) is 18.6. The van der Waals surface area contributed by atoms with Crippen molar-refractivity contribution in [1.29, 1.82) is 0 Å². The second-order valence-electron chi connectivity index (χ2n) is 6.29. The third-order valence-electron chi connectivity index (χ3n) is 4.74. The van der Waals surface area contributed by atoms with Gasteiger partial charge in [-0.15, -0.1) is 0 Å². The molecular formula is C18H25F3N2O. The Morgan fingerprint density at radius 1 is 1.29 bits per heavy atom. The van der Waals surface area contributed by atoms with Crippen molar-refractivity contribution in [3.05, 3.63) is 29.3 Å². The molecule has 1 saturated heterocycles. The maximum absolute atomic E-state index is 13.1. The van der Waals surface area contributed by atoms with Crippen molar-refractivity contribution >= 4 is 11.6 Å². The number of carbonyl (C=O) groups excluding carboxylic acids is 1. The van der Waals surface area contributed by atoms with E-state index in [1.807, 2.05) is 18.7 Å². The lowest BCUT2D eigenvalue weighted by Gasteiger charge is -2.36. The summed E-state index contributed by atoms with van der Waals surface area (Å²) >= 11 is 0. The Labute approximate surface area is 141 Å². The fourth-order valence-electron chi connectivity index (χ4n) is 3.32. The quantitative estimate of drug-likeness (QED) is 0.822. The fraction of sp³-hybridized carbons (Fsp3) is 0.611. The van der Waals surface area contributed by atoms with Crippen LogP contribution >= 0.6 is 0 Å². The first kappa shape index (κ1) is 18.6. The lowest BCUT2D eigenvalue weighted by Crippen LogP contribution is -2.45. The molecule has 1 aliphatic rings. The number of rotatable bonds is 4. The molecule has 0 saturated carbocycles. The van der Waals surface area contributed by atoms with Crippen molar-refractivity contribution in [3.63, 3.8) is 0 Å². The summed E-state index contributed by atoms with van der Waals surface area (Å²) in [4.78, 5) is 16.2. The van der Waals surface area contributed by atoms with Crippen LogP contribution in [0.2, 0.25) is 0 Å². The van der Waals surface area contributed by atoms with Gasteiger partial charge in [0.2, 0.25) is 5.91 Å². The van der Waals surface area contributed by atoms with E-state index in [0.29, 0.717) is 31.9 Å². The van der Waals surface area contributed by atoms with Gasteiger partial charge < -0.3 is 9.80 Å². The molecule has 1 aromatic carbocycles. The summed E-state index contributed by atoms with van der Waals surface area (Å²) in [5.41, 5.74) is 0.168. The summed E-state index contributed by atoms with van der Waals surface area (Å²) in [5, 5.41) is 0. The number of hydrogen-bond donors (Lipinski definition) is 0. The van der Waals surface area contributed by atoms with Crippen LogP contribution < -0.4 is 4.90 Å². The topological polar surface area (TPSA) is 23.6 Å². The van der Waals surface area contributed by atoms with Gasteiger partial charge in [0.1, 0.15) is 0 Å². The van der Waals surface area contributed by atoms with Crippen LogP contribution in [0, 0.1) is 12.8 Å². The van der Waals surface area contributed by atoms with Gasteiger partial charge in [0.05, 0.1) is 11.5 Å². The maximum atomic E-state index is 13.1. The molecule has 0 radical (unpaired) electrons. The van der Waals surface area contributed by atoms with Crippen LogP contribution in [-0.4, -0.2) is 37.0 Å². The predicted molar refractivity (Wildman–Crippen MR) is 89.0 cm³/mol. The van der Waals surface area contributed by atoms with Gasteiger partial charge in [0, 0.05) is 31.9 Å². The number of halogens is 3. The van der Waals surface area contributed by atoms with Crippen LogP contribution in [0.1, 0.15) is 37.8 Å². The van der Waals surface area contributed by atoms with E-state index in [2.05, 4.69) is 0 Å². The maximum Gasteiger partial charge on any atom is 0.416 e. The van der Waals surface area contributed by atoms with E-state index in [4.69, 9.17) is 0 Å². The van der Waals surface area contributed by atoms with Gasteiger partial charge in [-0.3, -0.25) is 4.79 Å². The lowest BCUT2D eigenvalue weighted by atomic mass is 9.95. The Hall–Kier alpha value is -1.72. The molecule has 1 atom stereocenters. The van der Waals surface area contributed by atoms with Crippen LogP contribution in [0.4, 0.5) is 18.9 Å². The van der Waals surface area contributed by atoms with Crippen LogP contribution in [-0.2, 0) is 11.0 Å². The Bertz CT molecular complexity index is 582. The van der Waals surface area contributed by atoms with Gasteiger partial charge in [-0.05, 0) is 51.3 Å². The van der Waals surface area contributed by atoms with Crippen LogP contribution in [0.15, 0.2) is 18.2 Å². The highest BCUT2D eigenvalue weighted by atomic mass is 19.4. The van der Waals surface area contributed by atoms with E-state index in [9.17, 15) is 18.0 Å². The van der Waals surface area contributed by atoms with Crippen molar-refractivity contribution in [2.45, 2.75) is 39.8 Å². The highest BCUT2D eigenvalue weighted by Crippen LogP contribution is 2.35. The molecule has 1 heterocycles. The Kier molecular flexibility index (Phi) is 5.78. The van der Waals surface area contributed by atoms with Gasteiger partial charge in [0.15, 0.2) is 0 Å². The molecule has 1 unspecified atom stereocenters. The monoisotopic (exact) mass is 342 g/mol. The highest BCUT2D eigenvalue weighted by Gasteiger charge is 2.34.